The maximum absolute atomic E-state index is 5.58. The maximum atomic E-state index is 5.58. The van der Waals surface area contributed by atoms with Crippen LogP contribution in [0.5, 0.6) is 0 Å². The van der Waals surface area contributed by atoms with Gasteiger partial charge in [-0.3, -0.25) is 0 Å². The summed E-state index contributed by atoms with van der Waals surface area (Å²) in [6.07, 6.45) is 7.73. The summed E-state index contributed by atoms with van der Waals surface area (Å²) in [4.78, 5) is 0. The van der Waals surface area contributed by atoms with Crippen LogP contribution in [0.1, 0.15) is 25.7 Å². The fourth-order valence-electron chi connectivity index (χ4n) is 1.60. The standard InChI is InChI=1S/C8H17NS/c1-10-8-4-2-7(6-9)3-5-8/h7-8H,2-6,9H2,1H3. The number of hydrogen-bond donors (Lipinski definition) is 1. The molecule has 10 heavy (non-hydrogen) atoms. The van der Waals surface area contributed by atoms with Crippen LogP contribution in [0.4, 0.5) is 0 Å². The predicted octanol–water partition coefficient (Wildman–Crippen LogP) is 1.87. The first-order chi connectivity index (χ1) is 4.86. The van der Waals surface area contributed by atoms with Gasteiger partial charge in [0.1, 0.15) is 0 Å². The van der Waals surface area contributed by atoms with Crippen molar-refractivity contribution in [1.82, 2.24) is 0 Å². The molecule has 1 fully saturated rings. The van der Waals surface area contributed by atoms with Crippen LogP contribution in [0.2, 0.25) is 0 Å². The highest BCUT2D eigenvalue weighted by molar-refractivity contribution is 7.99. The molecule has 0 aromatic carbocycles. The van der Waals surface area contributed by atoms with E-state index in [4.69, 9.17) is 5.73 Å². The largest absolute Gasteiger partial charge is 0.330 e. The Morgan fingerprint density at radius 3 is 2.30 bits per heavy atom. The summed E-state index contributed by atoms with van der Waals surface area (Å²) in [7, 11) is 0. The minimum atomic E-state index is 0.836. The van der Waals surface area contributed by atoms with E-state index in [1.807, 2.05) is 11.8 Å². The molecule has 0 unspecified atom stereocenters. The van der Waals surface area contributed by atoms with Crippen LogP contribution in [0.15, 0.2) is 0 Å². The first-order valence-electron chi connectivity index (χ1n) is 4.09. The Balaban J connectivity index is 2.17. The van der Waals surface area contributed by atoms with Crippen LogP contribution >= 0.6 is 11.8 Å². The lowest BCUT2D eigenvalue weighted by molar-refractivity contribution is 0.373. The molecule has 0 saturated heterocycles. The molecule has 0 bridgehead atoms. The highest BCUT2D eigenvalue weighted by Gasteiger charge is 2.18. The molecule has 2 heteroatoms. The van der Waals surface area contributed by atoms with Gasteiger partial charge >= 0.3 is 0 Å². The summed E-state index contributed by atoms with van der Waals surface area (Å²) in [6, 6.07) is 0. The Hall–Kier alpha value is 0.310. The predicted molar refractivity (Wildman–Crippen MR) is 48.3 cm³/mol. The lowest BCUT2D eigenvalue weighted by atomic mass is 9.89. The summed E-state index contributed by atoms with van der Waals surface area (Å²) >= 11 is 2.02. The lowest BCUT2D eigenvalue weighted by Gasteiger charge is -2.25. The van der Waals surface area contributed by atoms with Crippen LogP contribution in [0.3, 0.4) is 0 Å². The van der Waals surface area contributed by atoms with E-state index in [-0.39, 0.29) is 0 Å². The molecule has 0 aliphatic heterocycles. The van der Waals surface area contributed by atoms with Crippen LogP contribution in [0, 0.1) is 5.92 Å². The van der Waals surface area contributed by atoms with E-state index in [1.165, 1.54) is 25.7 Å². The van der Waals surface area contributed by atoms with E-state index in [0.717, 1.165) is 17.7 Å². The van der Waals surface area contributed by atoms with Crippen molar-refractivity contribution in [1.29, 1.82) is 0 Å². The molecule has 0 heterocycles. The zero-order valence-corrected chi connectivity index (χ0v) is 7.49. The van der Waals surface area contributed by atoms with Gasteiger partial charge in [0.2, 0.25) is 0 Å². The van der Waals surface area contributed by atoms with Crippen molar-refractivity contribution in [3.63, 3.8) is 0 Å². The lowest BCUT2D eigenvalue weighted by Crippen LogP contribution is -2.22. The summed E-state index contributed by atoms with van der Waals surface area (Å²) in [5.74, 6) is 0.836. The summed E-state index contributed by atoms with van der Waals surface area (Å²) in [6.45, 7) is 0.904. The Bertz CT molecular complexity index is 75.3. The fraction of sp³-hybridized carbons (Fsp3) is 1.00. The average molecular weight is 159 g/mol. The average Bonchev–Trinajstić information content (AvgIpc) is 2.05. The SMILES string of the molecule is CSC1CCC(CN)CC1. The molecule has 1 saturated carbocycles. The van der Waals surface area contributed by atoms with Crippen molar-refractivity contribution in [2.24, 2.45) is 11.7 Å². The molecule has 0 atom stereocenters. The molecule has 1 aliphatic carbocycles. The Labute approximate surface area is 67.8 Å². The first-order valence-corrected chi connectivity index (χ1v) is 5.38. The smallest absolute Gasteiger partial charge is 0.00445 e. The van der Waals surface area contributed by atoms with Crippen LogP contribution < -0.4 is 5.73 Å². The summed E-state index contributed by atoms with van der Waals surface area (Å²) < 4.78 is 0. The van der Waals surface area contributed by atoms with Gasteiger partial charge in [0.05, 0.1) is 0 Å². The number of hydrogen-bond acceptors (Lipinski definition) is 2. The summed E-state index contributed by atoms with van der Waals surface area (Å²) in [5, 5.41) is 0.933. The van der Waals surface area contributed by atoms with Gasteiger partial charge in [-0.05, 0) is 44.4 Å². The van der Waals surface area contributed by atoms with Crippen molar-refractivity contribution in [3.8, 4) is 0 Å². The fourth-order valence-corrected chi connectivity index (χ4v) is 2.35. The van der Waals surface area contributed by atoms with Crippen LogP contribution in [-0.2, 0) is 0 Å². The third-order valence-corrected chi connectivity index (χ3v) is 3.60. The Morgan fingerprint density at radius 1 is 1.30 bits per heavy atom. The van der Waals surface area contributed by atoms with Gasteiger partial charge in [0.25, 0.3) is 0 Å². The zero-order valence-electron chi connectivity index (χ0n) is 6.68. The van der Waals surface area contributed by atoms with Gasteiger partial charge in [-0.15, -0.1) is 0 Å². The second kappa shape index (κ2) is 4.24. The van der Waals surface area contributed by atoms with Crippen LogP contribution in [-0.4, -0.2) is 18.1 Å². The highest BCUT2D eigenvalue weighted by Crippen LogP contribution is 2.29. The van der Waals surface area contributed by atoms with Gasteiger partial charge < -0.3 is 5.73 Å². The van der Waals surface area contributed by atoms with Gasteiger partial charge in [0, 0.05) is 5.25 Å². The second-order valence-corrected chi connectivity index (χ2v) is 4.25. The molecule has 2 N–H and O–H groups in total. The van der Waals surface area contributed by atoms with E-state index < -0.39 is 0 Å². The number of nitrogens with two attached hydrogens (primary N) is 1. The first kappa shape index (κ1) is 8.41. The molecular formula is C8H17NS. The van der Waals surface area contributed by atoms with Crippen molar-refractivity contribution in [2.45, 2.75) is 30.9 Å². The minimum absolute atomic E-state index is 0.836. The van der Waals surface area contributed by atoms with Crippen molar-refractivity contribution >= 4 is 11.8 Å². The van der Waals surface area contributed by atoms with Gasteiger partial charge in [0.15, 0.2) is 0 Å². The normalized spacial score (nSPS) is 34.2. The van der Waals surface area contributed by atoms with E-state index >= 15 is 0 Å². The molecule has 0 aromatic heterocycles. The zero-order chi connectivity index (χ0) is 7.40. The van der Waals surface area contributed by atoms with E-state index in [2.05, 4.69) is 6.26 Å². The quantitative estimate of drug-likeness (QED) is 0.665. The monoisotopic (exact) mass is 159 g/mol. The molecule has 0 spiro atoms. The number of thioether (sulfide) groups is 1. The van der Waals surface area contributed by atoms with Gasteiger partial charge in [-0.25, -0.2) is 0 Å². The van der Waals surface area contributed by atoms with Crippen molar-refractivity contribution in [3.05, 3.63) is 0 Å². The highest BCUT2D eigenvalue weighted by atomic mass is 32.2. The van der Waals surface area contributed by atoms with Crippen molar-refractivity contribution in [2.75, 3.05) is 12.8 Å². The third-order valence-electron chi connectivity index (χ3n) is 2.46. The van der Waals surface area contributed by atoms with Gasteiger partial charge in [-0.1, -0.05) is 0 Å². The van der Waals surface area contributed by atoms with Crippen molar-refractivity contribution < 1.29 is 0 Å². The van der Waals surface area contributed by atoms with E-state index in [1.54, 1.807) is 0 Å². The third kappa shape index (κ3) is 2.17. The minimum Gasteiger partial charge on any atom is -0.330 e. The molecule has 0 radical (unpaired) electrons. The second-order valence-electron chi connectivity index (χ2n) is 3.11. The molecule has 1 rings (SSSR count). The molecule has 1 aliphatic rings. The molecule has 0 amide bonds. The molecule has 0 aromatic rings. The van der Waals surface area contributed by atoms with E-state index in [0.29, 0.717) is 0 Å². The molecule has 60 valence electrons. The van der Waals surface area contributed by atoms with E-state index in [9.17, 15) is 0 Å². The Kier molecular flexibility index (Phi) is 3.57. The number of rotatable bonds is 2. The molecular weight excluding hydrogens is 142 g/mol. The summed E-state index contributed by atoms with van der Waals surface area (Å²) in [5.41, 5.74) is 5.58. The maximum Gasteiger partial charge on any atom is 0.00445 e. The topological polar surface area (TPSA) is 26.0 Å². The van der Waals surface area contributed by atoms with Gasteiger partial charge in [-0.2, -0.15) is 11.8 Å². The Morgan fingerprint density at radius 2 is 1.90 bits per heavy atom. The molecule has 1 nitrogen and oxygen atoms in total. The van der Waals surface area contributed by atoms with Crippen LogP contribution in [0.25, 0.3) is 0 Å².